The number of benzene rings is 1. The first-order valence-corrected chi connectivity index (χ1v) is 10.8. The molecule has 1 aromatic carbocycles. The summed E-state index contributed by atoms with van der Waals surface area (Å²) < 4.78 is 13.6. The lowest BCUT2D eigenvalue weighted by atomic mass is 9.87. The van der Waals surface area contributed by atoms with E-state index in [0.717, 1.165) is 19.3 Å². The second kappa shape index (κ2) is 7.08. The predicted molar refractivity (Wildman–Crippen MR) is 90.4 cm³/mol. The molecule has 1 aliphatic rings. The molecule has 1 aromatic rings. The maximum absolute atomic E-state index is 11.5. The molecule has 114 valence electrons. The van der Waals surface area contributed by atoms with Crippen LogP contribution in [0.5, 0.6) is 0 Å². The summed E-state index contributed by atoms with van der Waals surface area (Å²) in [5.74, 6) is 0.202. The fraction of sp³-hybridized carbons (Fsp3) is 0.500. The number of esters is 1. The number of carbonyl (C=O) groups excluding carboxylic acids is 1. The van der Waals surface area contributed by atoms with Gasteiger partial charge in [0.15, 0.2) is 0 Å². The first-order chi connectivity index (χ1) is 10.4. The van der Waals surface area contributed by atoms with E-state index in [4.69, 9.17) is 6.11 Å². The molecule has 2 atom stereocenters. The minimum Gasteiger partial charge on any atom is -0.469 e. The van der Waals surface area contributed by atoms with Gasteiger partial charge in [-0.25, -0.2) is 0 Å². The van der Waals surface area contributed by atoms with Crippen molar-refractivity contribution >= 4 is 19.2 Å². The maximum atomic E-state index is 11.5. The van der Waals surface area contributed by atoms with Crippen LogP contribution in [-0.4, -0.2) is 21.2 Å². The fourth-order valence-corrected chi connectivity index (χ4v) is 5.43. The van der Waals surface area contributed by atoms with E-state index in [1.165, 1.54) is 17.9 Å². The summed E-state index contributed by atoms with van der Waals surface area (Å²) in [4.78, 5) is 11.5. The van der Waals surface area contributed by atoms with Crippen molar-refractivity contribution in [2.24, 2.45) is 5.92 Å². The molecule has 21 heavy (non-hydrogen) atoms. The van der Waals surface area contributed by atoms with Crippen molar-refractivity contribution in [2.75, 3.05) is 7.11 Å². The molecule has 0 aromatic heterocycles. The second-order valence-corrected chi connectivity index (χ2v) is 10.7. The van der Waals surface area contributed by atoms with E-state index in [-0.39, 0.29) is 12.0 Å². The van der Waals surface area contributed by atoms with E-state index >= 15 is 0 Å². The van der Waals surface area contributed by atoms with Crippen molar-refractivity contribution in [3.8, 4) is 0 Å². The Balaban J connectivity index is 2.10. The summed E-state index contributed by atoms with van der Waals surface area (Å²) in [5.41, 5.74) is 1.22. The Morgan fingerprint density at radius 3 is 2.76 bits per heavy atom. The van der Waals surface area contributed by atoms with Gasteiger partial charge in [0.1, 0.15) is 0 Å². The highest BCUT2D eigenvalue weighted by Crippen LogP contribution is 2.31. The molecule has 0 spiro atoms. The van der Waals surface area contributed by atoms with Crippen LogP contribution in [0.2, 0.25) is 19.1 Å². The smallest absolute Gasteiger partial charge is 0.305 e. The van der Waals surface area contributed by atoms with Crippen LogP contribution in [0.4, 0.5) is 0 Å². The third-order valence-corrected chi connectivity index (χ3v) is 7.17. The highest BCUT2D eigenvalue weighted by molar-refractivity contribution is 6.90. The van der Waals surface area contributed by atoms with Gasteiger partial charge in [0.05, 0.1) is 15.2 Å². The molecular formula is C18H26O2Si. The highest BCUT2D eigenvalue weighted by atomic mass is 28.3. The van der Waals surface area contributed by atoms with E-state index < -0.39 is 8.07 Å². The van der Waals surface area contributed by atoms with Crippen molar-refractivity contribution < 1.29 is 10.9 Å². The fourth-order valence-electron chi connectivity index (χ4n) is 3.05. The Labute approximate surface area is 130 Å². The number of hydrogen-bond donors (Lipinski definition) is 0. The highest BCUT2D eigenvalue weighted by Gasteiger charge is 2.27. The number of methoxy groups -OCH3 is 1. The van der Waals surface area contributed by atoms with Gasteiger partial charge in [-0.05, 0) is 31.2 Å². The van der Waals surface area contributed by atoms with Gasteiger partial charge in [-0.15, -0.1) is 0 Å². The van der Waals surface area contributed by atoms with Crippen LogP contribution in [0.1, 0.15) is 27.1 Å². The van der Waals surface area contributed by atoms with Crippen molar-refractivity contribution in [3.05, 3.63) is 42.0 Å². The van der Waals surface area contributed by atoms with Gasteiger partial charge in [0, 0.05) is 7.79 Å². The molecule has 0 saturated carbocycles. The van der Waals surface area contributed by atoms with Gasteiger partial charge in [0.25, 0.3) is 0 Å². The normalized spacial score (nSPS) is 21.2. The zero-order chi connectivity index (χ0) is 16.2. The van der Waals surface area contributed by atoms with Crippen LogP contribution < -0.4 is 5.19 Å². The summed E-state index contributed by atoms with van der Waals surface area (Å²) in [7, 11) is -0.421. The van der Waals surface area contributed by atoms with E-state index in [9.17, 15) is 4.79 Å². The average Bonchev–Trinajstić information content (AvgIpc) is 2.55. The minimum atomic E-state index is -1.87. The number of allylic oxidation sites excluding steroid dienone is 2. The van der Waals surface area contributed by atoms with Gasteiger partial charge in [0.2, 0.25) is 0 Å². The van der Waals surface area contributed by atoms with E-state index in [1.54, 1.807) is 0 Å². The number of ether oxygens (including phenoxy) is 1. The predicted octanol–water partition coefficient (Wildman–Crippen LogP) is 3.89. The number of hydrogen-bond acceptors (Lipinski definition) is 2. The van der Waals surface area contributed by atoms with Crippen LogP contribution in [0.25, 0.3) is 0 Å². The molecule has 0 aliphatic heterocycles. The SMILES string of the molecule is [2H][C@H](C1=CCC[C@@H](CC(=O)OC)C1)[Si](C)(C)c1ccccc1. The second-order valence-electron chi connectivity index (χ2n) is 6.44. The van der Waals surface area contributed by atoms with Gasteiger partial charge >= 0.3 is 5.97 Å². The average molecular weight is 303 g/mol. The largest absolute Gasteiger partial charge is 0.469 e. The summed E-state index contributed by atoms with van der Waals surface area (Å²) in [6, 6.07) is 10.3. The zero-order valence-corrected chi connectivity index (χ0v) is 14.3. The van der Waals surface area contributed by atoms with Gasteiger partial charge in [-0.1, -0.05) is 60.3 Å². The molecule has 0 fully saturated rings. The number of rotatable bonds is 5. The molecule has 2 nitrogen and oxygen atoms in total. The Bertz CT molecular complexity index is 539. The van der Waals surface area contributed by atoms with Crippen LogP contribution >= 0.6 is 0 Å². The number of carbonyl (C=O) groups is 1. The molecule has 0 bridgehead atoms. The first-order valence-electron chi connectivity index (χ1n) is 8.26. The summed E-state index contributed by atoms with van der Waals surface area (Å²) in [5, 5.41) is 1.32. The summed E-state index contributed by atoms with van der Waals surface area (Å²) in [6.45, 7) is 4.54. The summed E-state index contributed by atoms with van der Waals surface area (Å²) >= 11 is 0. The van der Waals surface area contributed by atoms with E-state index in [2.05, 4.69) is 43.4 Å². The molecule has 0 heterocycles. The minimum absolute atomic E-state index is 0.132. The Kier molecular flexibility index (Phi) is 4.91. The Morgan fingerprint density at radius 2 is 2.10 bits per heavy atom. The molecule has 0 saturated heterocycles. The lowest BCUT2D eigenvalue weighted by molar-refractivity contribution is -0.141. The topological polar surface area (TPSA) is 26.3 Å². The molecule has 1 aliphatic carbocycles. The van der Waals surface area contributed by atoms with Gasteiger partial charge in [-0.2, -0.15) is 0 Å². The third-order valence-electron chi connectivity index (χ3n) is 4.25. The van der Waals surface area contributed by atoms with Crippen LogP contribution in [0.15, 0.2) is 42.0 Å². The van der Waals surface area contributed by atoms with Crippen molar-refractivity contribution in [2.45, 2.75) is 44.8 Å². The molecule has 2 rings (SSSR count). The summed E-state index contributed by atoms with van der Waals surface area (Å²) in [6.07, 6.45) is 5.59. The van der Waals surface area contributed by atoms with Crippen LogP contribution in [-0.2, 0) is 9.53 Å². The first kappa shape index (κ1) is 14.6. The molecule has 3 heteroatoms. The van der Waals surface area contributed by atoms with Crippen LogP contribution in [0.3, 0.4) is 0 Å². The zero-order valence-electron chi connectivity index (χ0n) is 14.3. The molecular weight excluding hydrogens is 276 g/mol. The van der Waals surface area contributed by atoms with Gasteiger partial charge < -0.3 is 4.74 Å². The van der Waals surface area contributed by atoms with Gasteiger partial charge in [-0.3, -0.25) is 4.79 Å². The van der Waals surface area contributed by atoms with Crippen molar-refractivity contribution in [3.63, 3.8) is 0 Å². The monoisotopic (exact) mass is 303 g/mol. The van der Waals surface area contributed by atoms with Crippen molar-refractivity contribution in [1.82, 2.24) is 0 Å². The van der Waals surface area contributed by atoms with Crippen LogP contribution in [0, 0.1) is 5.92 Å². The Hall–Kier alpha value is -1.35. The van der Waals surface area contributed by atoms with E-state index in [1.807, 2.05) is 6.07 Å². The molecule has 0 radical (unpaired) electrons. The standard InChI is InChI=1S/C18H26O2Si/c1-20-18(19)13-15-8-7-9-16(12-15)14-21(2,3)17-10-5-4-6-11-17/h4-6,9-11,15H,7-8,12-14H2,1-3H3/t15-/m1/s1/i14D/t14-,15-. The third kappa shape index (κ3) is 4.56. The Morgan fingerprint density at radius 1 is 1.38 bits per heavy atom. The molecule has 0 unspecified atom stereocenters. The van der Waals surface area contributed by atoms with E-state index in [0.29, 0.717) is 12.3 Å². The molecule has 0 amide bonds. The lowest BCUT2D eigenvalue weighted by Gasteiger charge is -2.29. The quantitative estimate of drug-likeness (QED) is 0.468. The van der Waals surface area contributed by atoms with Crippen molar-refractivity contribution in [1.29, 1.82) is 0 Å². The maximum Gasteiger partial charge on any atom is 0.305 e. The lowest BCUT2D eigenvalue weighted by Crippen LogP contribution is -2.41. The molecule has 0 N–H and O–H groups in total.